The maximum atomic E-state index is 10.6. The number of amides is 1. The Bertz CT molecular complexity index is 355. The summed E-state index contributed by atoms with van der Waals surface area (Å²) in [6, 6.07) is -0.263. The first-order valence-electron chi connectivity index (χ1n) is 5.04. The first kappa shape index (κ1) is 13.0. The van der Waals surface area contributed by atoms with E-state index in [2.05, 4.69) is 10.2 Å². The molecule has 0 aliphatic rings. The molecular weight excluding hydrogens is 228 g/mol. The largest absolute Gasteiger partial charge is 0.414 e. The molecule has 6 nitrogen and oxygen atoms in total. The maximum Gasteiger partial charge on any atom is 0.277 e. The molecule has 1 aromatic heterocycles. The fourth-order valence-corrected chi connectivity index (χ4v) is 1.55. The number of hydrogen-bond acceptors (Lipinski definition) is 6. The molecule has 0 aliphatic heterocycles. The normalized spacial score (nSPS) is 14.7. The molecule has 0 saturated carbocycles. The molecular formula is C9H16N4O2S. The Balaban J connectivity index is 2.60. The zero-order valence-corrected chi connectivity index (χ0v) is 10.2. The molecule has 2 atom stereocenters. The summed E-state index contributed by atoms with van der Waals surface area (Å²) < 4.78 is 5.33. The van der Waals surface area contributed by atoms with E-state index < -0.39 is 5.91 Å². The van der Waals surface area contributed by atoms with Crippen LogP contribution in [0.3, 0.4) is 0 Å². The number of nitrogens with two attached hydrogens (primary N) is 2. The Labute approximate surface area is 98.2 Å². The lowest BCUT2D eigenvalue weighted by Crippen LogP contribution is -2.18. The molecule has 7 heteroatoms. The quantitative estimate of drug-likeness (QED) is 0.713. The topological polar surface area (TPSA) is 108 Å². The third-order valence-electron chi connectivity index (χ3n) is 2.30. The van der Waals surface area contributed by atoms with Gasteiger partial charge in [0.25, 0.3) is 5.22 Å². The van der Waals surface area contributed by atoms with Crippen LogP contribution >= 0.6 is 11.8 Å². The molecule has 0 saturated heterocycles. The molecule has 1 aromatic rings. The molecule has 1 heterocycles. The highest BCUT2D eigenvalue weighted by Crippen LogP contribution is 2.23. The number of carbonyl (C=O) groups is 1. The van der Waals surface area contributed by atoms with Gasteiger partial charge in [-0.15, -0.1) is 10.2 Å². The van der Waals surface area contributed by atoms with Crippen molar-refractivity contribution in [3.8, 4) is 0 Å². The van der Waals surface area contributed by atoms with Crippen molar-refractivity contribution in [2.24, 2.45) is 17.4 Å². The molecule has 90 valence electrons. The lowest BCUT2D eigenvalue weighted by Gasteiger charge is -2.13. The van der Waals surface area contributed by atoms with Gasteiger partial charge in [0.15, 0.2) is 0 Å². The van der Waals surface area contributed by atoms with Crippen molar-refractivity contribution in [1.82, 2.24) is 10.2 Å². The van der Waals surface area contributed by atoms with Crippen LogP contribution in [0.1, 0.15) is 32.2 Å². The van der Waals surface area contributed by atoms with Crippen LogP contribution in [0.5, 0.6) is 0 Å². The number of primary amides is 1. The van der Waals surface area contributed by atoms with Gasteiger partial charge in [0.1, 0.15) is 0 Å². The molecule has 0 radical (unpaired) electrons. The minimum absolute atomic E-state index is 0.125. The first-order chi connectivity index (χ1) is 7.54. The lowest BCUT2D eigenvalue weighted by atomic mass is 10.0. The smallest absolute Gasteiger partial charge is 0.277 e. The van der Waals surface area contributed by atoms with Crippen LogP contribution in [-0.2, 0) is 4.79 Å². The van der Waals surface area contributed by atoms with Gasteiger partial charge in [-0.2, -0.15) is 0 Å². The standard InChI is InChI=1S/C9H16N4O2S/c1-3-5(2)7(11)8-12-13-9(15-8)16-4-6(10)14/h5,7H,3-4,11H2,1-2H3,(H2,10,14)/t5-,7+/m0/s1. The maximum absolute atomic E-state index is 10.6. The molecule has 0 aromatic carbocycles. The zero-order valence-electron chi connectivity index (χ0n) is 9.34. The second-order valence-electron chi connectivity index (χ2n) is 3.57. The van der Waals surface area contributed by atoms with E-state index in [1.165, 1.54) is 0 Å². The summed E-state index contributed by atoms with van der Waals surface area (Å²) in [6.45, 7) is 4.06. The van der Waals surface area contributed by atoms with E-state index in [1.54, 1.807) is 0 Å². The van der Waals surface area contributed by atoms with Crippen molar-refractivity contribution < 1.29 is 9.21 Å². The summed E-state index contributed by atoms with van der Waals surface area (Å²) in [7, 11) is 0. The molecule has 0 aliphatic carbocycles. The third-order valence-corrected chi connectivity index (χ3v) is 3.14. The Hall–Kier alpha value is -1.08. The predicted octanol–water partition coefficient (Wildman–Crippen LogP) is 0.693. The fourth-order valence-electron chi connectivity index (χ4n) is 1.04. The molecule has 0 bridgehead atoms. The highest BCUT2D eigenvalue weighted by molar-refractivity contribution is 7.99. The van der Waals surface area contributed by atoms with Crippen molar-refractivity contribution >= 4 is 17.7 Å². The Morgan fingerprint density at radius 3 is 2.81 bits per heavy atom. The highest BCUT2D eigenvalue weighted by atomic mass is 32.2. The molecule has 0 fully saturated rings. The summed E-state index contributed by atoms with van der Waals surface area (Å²) >= 11 is 1.12. The predicted molar refractivity (Wildman–Crippen MR) is 60.6 cm³/mol. The average Bonchev–Trinajstić information content (AvgIpc) is 2.72. The molecule has 0 unspecified atom stereocenters. The van der Waals surface area contributed by atoms with Gasteiger partial charge in [0.05, 0.1) is 11.8 Å². The zero-order chi connectivity index (χ0) is 12.1. The van der Waals surface area contributed by atoms with E-state index in [4.69, 9.17) is 15.9 Å². The van der Waals surface area contributed by atoms with Crippen molar-refractivity contribution in [2.45, 2.75) is 31.5 Å². The number of hydrogen-bond donors (Lipinski definition) is 2. The number of nitrogens with zero attached hydrogens (tertiary/aromatic N) is 2. The Kier molecular flexibility index (Phi) is 4.75. The Morgan fingerprint density at radius 1 is 1.56 bits per heavy atom. The van der Waals surface area contributed by atoms with E-state index in [-0.39, 0.29) is 17.7 Å². The number of rotatable bonds is 6. The summed E-state index contributed by atoms with van der Waals surface area (Å²) in [5.41, 5.74) is 10.9. The summed E-state index contributed by atoms with van der Waals surface area (Å²) in [4.78, 5) is 10.6. The van der Waals surface area contributed by atoms with Gasteiger partial charge in [-0.1, -0.05) is 32.0 Å². The van der Waals surface area contributed by atoms with Gasteiger partial charge in [-0.05, 0) is 5.92 Å². The number of aromatic nitrogens is 2. The van der Waals surface area contributed by atoms with Crippen LogP contribution in [0.2, 0.25) is 0 Å². The van der Waals surface area contributed by atoms with Crippen LogP contribution in [0.4, 0.5) is 0 Å². The lowest BCUT2D eigenvalue weighted by molar-refractivity contribution is -0.115. The van der Waals surface area contributed by atoms with Crippen LogP contribution in [0.25, 0.3) is 0 Å². The SMILES string of the molecule is CC[C@H](C)[C@@H](N)c1nnc(SCC(N)=O)o1. The summed E-state index contributed by atoms with van der Waals surface area (Å²) in [5.74, 6) is 0.381. The van der Waals surface area contributed by atoms with Gasteiger partial charge >= 0.3 is 0 Å². The highest BCUT2D eigenvalue weighted by Gasteiger charge is 2.19. The van der Waals surface area contributed by atoms with Gasteiger partial charge in [-0.25, -0.2) is 0 Å². The van der Waals surface area contributed by atoms with E-state index in [1.807, 2.05) is 13.8 Å². The molecule has 4 N–H and O–H groups in total. The van der Waals surface area contributed by atoms with E-state index in [0.29, 0.717) is 11.1 Å². The van der Waals surface area contributed by atoms with Crippen LogP contribution in [0, 0.1) is 5.92 Å². The van der Waals surface area contributed by atoms with Crippen molar-refractivity contribution in [2.75, 3.05) is 5.75 Å². The second-order valence-corrected chi connectivity index (χ2v) is 4.50. The van der Waals surface area contributed by atoms with Gasteiger partial charge in [0.2, 0.25) is 11.8 Å². The van der Waals surface area contributed by atoms with Crippen molar-refractivity contribution in [1.29, 1.82) is 0 Å². The average molecular weight is 244 g/mol. The minimum atomic E-state index is -0.420. The fraction of sp³-hybridized carbons (Fsp3) is 0.667. The first-order valence-corrected chi connectivity index (χ1v) is 6.03. The number of carbonyl (C=O) groups excluding carboxylic acids is 1. The number of thioether (sulfide) groups is 1. The van der Waals surface area contributed by atoms with Crippen molar-refractivity contribution in [3.63, 3.8) is 0 Å². The van der Waals surface area contributed by atoms with Crippen LogP contribution in [-0.4, -0.2) is 21.9 Å². The third kappa shape index (κ3) is 3.49. The molecule has 1 rings (SSSR count). The molecule has 0 spiro atoms. The summed E-state index contributed by atoms with van der Waals surface area (Å²) in [5, 5.41) is 7.96. The van der Waals surface area contributed by atoms with E-state index >= 15 is 0 Å². The monoisotopic (exact) mass is 244 g/mol. The van der Waals surface area contributed by atoms with E-state index in [0.717, 1.165) is 18.2 Å². The minimum Gasteiger partial charge on any atom is -0.414 e. The van der Waals surface area contributed by atoms with Crippen LogP contribution in [0.15, 0.2) is 9.64 Å². The second kappa shape index (κ2) is 5.86. The summed E-state index contributed by atoms with van der Waals surface area (Å²) in [6.07, 6.45) is 0.938. The van der Waals surface area contributed by atoms with Gasteiger partial charge in [-0.3, -0.25) is 4.79 Å². The van der Waals surface area contributed by atoms with E-state index in [9.17, 15) is 4.79 Å². The molecule has 1 amide bonds. The van der Waals surface area contributed by atoms with Gasteiger partial charge < -0.3 is 15.9 Å². The molecule has 16 heavy (non-hydrogen) atoms. The van der Waals surface area contributed by atoms with Crippen molar-refractivity contribution in [3.05, 3.63) is 5.89 Å². The van der Waals surface area contributed by atoms with Crippen LogP contribution < -0.4 is 11.5 Å². The Morgan fingerprint density at radius 2 is 2.25 bits per heavy atom. The van der Waals surface area contributed by atoms with Gasteiger partial charge in [0, 0.05) is 0 Å².